The van der Waals surface area contributed by atoms with Crippen LogP contribution in [0.25, 0.3) is 5.69 Å². The van der Waals surface area contributed by atoms with E-state index >= 15 is 0 Å². The molecule has 2 aromatic rings. The first-order chi connectivity index (χ1) is 14.5. The molecule has 6 nitrogen and oxygen atoms in total. The molecule has 7 heteroatoms. The lowest BCUT2D eigenvalue weighted by atomic mass is 9.95. The molecule has 2 aliphatic rings. The largest absolute Gasteiger partial charge is 0.373 e. The number of morpholine rings is 1. The molecule has 2 fully saturated rings. The summed E-state index contributed by atoms with van der Waals surface area (Å²) in [6.07, 6.45) is 8.51. The van der Waals surface area contributed by atoms with Crippen molar-refractivity contribution in [3.8, 4) is 5.69 Å². The molecular formula is C23H32N4O2S. The van der Waals surface area contributed by atoms with E-state index in [1.807, 2.05) is 46.2 Å². The standard InChI is InChI=1S/C23H32N4O2S/c1-17-14-25(15-18(2)29-17)16-19-7-10-26(11-8-19)22(28)20-5-4-6-21(13-20)27-12-9-24-23(27)30-3/h4-6,9,12-13,17-19H,7-8,10-11,14-16H2,1-3H3. The van der Waals surface area contributed by atoms with Gasteiger partial charge in [0.1, 0.15) is 0 Å². The molecule has 162 valence electrons. The SMILES string of the molecule is CSc1nccn1-c1cccc(C(=O)N2CCC(CN3CC(C)OC(C)C3)CC2)c1. The summed E-state index contributed by atoms with van der Waals surface area (Å²) in [5, 5.41) is 0.923. The van der Waals surface area contributed by atoms with E-state index in [9.17, 15) is 4.79 Å². The van der Waals surface area contributed by atoms with Crippen LogP contribution in [0.15, 0.2) is 41.8 Å². The van der Waals surface area contributed by atoms with Crippen molar-refractivity contribution >= 4 is 17.7 Å². The van der Waals surface area contributed by atoms with Gasteiger partial charge >= 0.3 is 0 Å². The highest BCUT2D eigenvalue weighted by Crippen LogP contribution is 2.24. The van der Waals surface area contributed by atoms with Crippen LogP contribution in [0.3, 0.4) is 0 Å². The molecule has 0 saturated carbocycles. The van der Waals surface area contributed by atoms with E-state index < -0.39 is 0 Å². The fourth-order valence-corrected chi connectivity index (χ4v) is 5.26. The zero-order valence-electron chi connectivity index (χ0n) is 18.2. The summed E-state index contributed by atoms with van der Waals surface area (Å²) in [5.41, 5.74) is 1.73. The molecule has 3 heterocycles. The lowest BCUT2D eigenvalue weighted by Gasteiger charge is -2.39. The fraction of sp³-hybridized carbons (Fsp3) is 0.565. The molecule has 0 spiro atoms. The third kappa shape index (κ3) is 4.90. The number of imidazole rings is 1. The molecule has 0 radical (unpaired) electrons. The lowest BCUT2D eigenvalue weighted by Crippen LogP contribution is -2.48. The van der Waals surface area contributed by atoms with Crippen molar-refractivity contribution in [3.63, 3.8) is 0 Å². The molecule has 0 bridgehead atoms. The second-order valence-electron chi connectivity index (χ2n) is 8.55. The van der Waals surface area contributed by atoms with Crippen molar-refractivity contribution in [3.05, 3.63) is 42.2 Å². The number of likely N-dealkylation sites (tertiary alicyclic amines) is 1. The second kappa shape index (κ2) is 9.54. The first-order valence-corrected chi connectivity index (χ1v) is 12.1. The van der Waals surface area contributed by atoms with Crippen LogP contribution in [-0.4, -0.2) is 76.4 Å². The van der Waals surface area contributed by atoms with Crippen LogP contribution >= 0.6 is 11.8 Å². The van der Waals surface area contributed by atoms with Gasteiger partial charge in [-0.25, -0.2) is 4.98 Å². The summed E-state index contributed by atoms with van der Waals surface area (Å²) < 4.78 is 7.88. The van der Waals surface area contributed by atoms with Gasteiger partial charge in [-0.1, -0.05) is 17.8 Å². The maximum Gasteiger partial charge on any atom is 0.253 e. The maximum atomic E-state index is 13.1. The van der Waals surface area contributed by atoms with Crippen molar-refractivity contribution in [2.24, 2.45) is 5.92 Å². The minimum Gasteiger partial charge on any atom is -0.373 e. The Labute approximate surface area is 183 Å². The smallest absolute Gasteiger partial charge is 0.253 e. The Hall–Kier alpha value is -1.83. The van der Waals surface area contributed by atoms with Crippen LogP contribution < -0.4 is 0 Å². The summed E-state index contributed by atoms with van der Waals surface area (Å²) in [6.45, 7) is 9.14. The van der Waals surface area contributed by atoms with Crippen LogP contribution in [0, 0.1) is 5.92 Å². The highest BCUT2D eigenvalue weighted by atomic mass is 32.2. The molecule has 30 heavy (non-hydrogen) atoms. The monoisotopic (exact) mass is 428 g/mol. The summed E-state index contributed by atoms with van der Waals surface area (Å²) in [6, 6.07) is 7.88. The normalized spacial score (nSPS) is 23.6. The van der Waals surface area contributed by atoms with Crippen molar-refractivity contribution in [2.75, 3.05) is 39.0 Å². The van der Waals surface area contributed by atoms with E-state index in [1.54, 1.807) is 18.0 Å². The molecule has 2 unspecified atom stereocenters. The van der Waals surface area contributed by atoms with Crippen LogP contribution in [-0.2, 0) is 4.74 Å². The van der Waals surface area contributed by atoms with Crippen LogP contribution in [0.4, 0.5) is 0 Å². The predicted molar refractivity (Wildman–Crippen MR) is 120 cm³/mol. The van der Waals surface area contributed by atoms with E-state index in [1.165, 1.54) is 0 Å². The summed E-state index contributed by atoms with van der Waals surface area (Å²) >= 11 is 1.60. The molecule has 1 aromatic heterocycles. The topological polar surface area (TPSA) is 50.6 Å². The number of aromatic nitrogens is 2. The van der Waals surface area contributed by atoms with Gasteiger partial charge in [-0.05, 0) is 57.1 Å². The molecule has 1 aromatic carbocycles. The van der Waals surface area contributed by atoms with E-state index in [4.69, 9.17) is 4.74 Å². The first-order valence-electron chi connectivity index (χ1n) is 10.9. The average molecular weight is 429 g/mol. The summed E-state index contributed by atoms with van der Waals surface area (Å²) in [4.78, 5) is 22.0. The number of ether oxygens (including phenoxy) is 1. The Balaban J connectivity index is 1.35. The van der Waals surface area contributed by atoms with Crippen LogP contribution in [0.2, 0.25) is 0 Å². The highest BCUT2D eigenvalue weighted by Gasteiger charge is 2.28. The quantitative estimate of drug-likeness (QED) is 0.682. The van der Waals surface area contributed by atoms with Gasteiger partial charge < -0.3 is 9.64 Å². The molecule has 1 amide bonds. The van der Waals surface area contributed by atoms with Crippen molar-refractivity contribution in [2.45, 2.75) is 44.1 Å². The number of rotatable bonds is 5. The second-order valence-corrected chi connectivity index (χ2v) is 9.32. The van der Waals surface area contributed by atoms with Gasteiger partial charge in [0.05, 0.1) is 12.2 Å². The molecular weight excluding hydrogens is 396 g/mol. The highest BCUT2D eigenvalue weighted by molar-refractivity contribution is 7.98. The third-order valence-electron chi connectivity index (χ3n) is 6.07. The zero-order valence-corrected chi connectivity index (χ0v) is 19.0. The van der Waals surface area contributed by atoms with Gasteiger partial charge in [0.2, 0.25) is 0 Å². The van der Waals surface area contributed by atoms with Gasteiger partial charge in [-0.15, -0.1) is 0 Å². The molecule has 0 aliphatic carbocycles. The van der Waals surface area contributed by atoms with E-state index in [2.05, 4.69) is 23.7 Å². The number of carbonyl (C=O) groups is 1. The van der Waals surface area contributed by atoms with Crippen molar-refractivity contribution < 1.29 is 9.53 Å². The zero-order chi connectivity index (χ0) is 21.1. The van der Waals surface area contributed by atoms with Gasteiger partial charge in [0.15, 0.2) is 5.16 Å². The Morgan fingerprint density at radius 1 is 1.20 bits per heavy atom. The molecule has 2 saturated heterocycles. The summed E-state index contributed by atoms with van der Waals surface area (Å²) in [5.74, 6) is 0.794. The summed E-state index contributed by atoms with van der Waals surface area (Å²) in [7, 11) is 0. The Kier molecular flexibility index (Phi) is 6.80. The van der Waals surface area contributed by atoms with E-state index in [-0.39, 0.29) is 5.91 Å². The predicted octanol–water partition coefficient (Wildman–Crippen LogP) is 3.56. The number of nitrogens with zero attached hydrogens (tertiary/aromatic N) is 4. The maximum absolute atomic E-state index is 13.1. The van der Waals surface area contributed by atoms with E-state index in [0.29, 0.717) is 18.1 Å². The van der Waals surface area contributed by atoms with Gasteiger partial charge in [-0.3, -0.25) is 14.3 Å². The number of thioether (sulfide) groups is 1. The van der Waals surface area contributed by atoms with Crippen molar-refractivity contribution in [1.82, 2.24) is 19.4 Å². The number of carbonyl (C=O) groups excluding carboxylic acids is 1. The molecule has 0 N–H and O–H groups in total. The minimum absolute atomic E-state index is 0.134. The van der Waals surface area contributed by atoms with Crippen molar-refractivity contribution in [1.29, 1.82) is 0 Å². The number of piperidine rings is 1. The number of hydrogen-bond donors (Lipinski definition) is 0. The van der Waals surface area contributed by atoms with Gasteiger partial charge in [0, 0.05) is 56.4 Å². The third-order valence-corrected chi connectivity index (χ3v) is 6.74. The van der Waals surface area contributed by atoms with Gasteiger partial charge in [-0.2, -0.15) is 0 Å². The van der Waals surface area contributed by atoms with E-state index in [0.717, 1.165) is 62.0 Å². The molecule has 2 atom stereocenters. The number of amides is 1. The number of benzene rings is 1. The first kappa shape index (κ1) is 21.4. The minimum atomic E-state index is 0.134. The van der Waals surface area contributed by atoms with Crippen LogP contribution in [0.1, 0.15) is 37.0 Å². The Morgan fingerprint density at radius 3 is 2.63 bits per heavy atom. The molecule has 2 aliphatic heterocycles. The Morgan fingerprint density at radius 2 is 1.93 bits per heavy atom. The lowest BCUT2D eigenvalue weighted by molar-refractivity contribution is -0.0728. The molecule has 4 rings (SSSR count). The van der Waals surface area contributed by atoms with Crippen LogP contribution in [0.5, 0.6) is 0 Å². The number of hydrogen-bond acceptors (Lipinski definition) is 5. The Bertz CT molecular complexity index is 852. The van der Waals surface area contributed by atoms with Gasteiger partial charge in [0.25, 0.3) is 5.91 Å². The fourth-order valence-electron chi connectivity index (χ4n) is 4.73. The average Bonchev–Trinajstić information content (AvgIpc) is 3.22.